The molecule has 0 bridgehead atoms. The summed E-state index contributed by atoms with van der Waals surface area (Å²) < 4.78 is 40.3. The van der Waals surface area contributed by atoms with Gasteiger partial charge in [0.2, 0.25) is 15.9 Å². The van der Waals surface area contributed by atoms with E-state index in [0.29, 0.717) is 18.5 Å². The quantitative estimate of drug-likeness (QED) is 0.380. The third-order valence-corrected chi connectivity index (χ3v) is 7.27. The second-order valence-corrected chi connectivity index (χ2v) is 11.4. The Morgan fingerprint density at radius 2 is 1.76 bits per heavy atom. The number of rotatable bonds is 12. The fraction of sp³-hybridized carbons (Fsp3) is 0.423. The van der Waals surface area contributed by atoms with Crippen LogP contribution in [-0.4, -0.2) is 69.2 Å². The van der Waals surface area contributed by atoms with Gasteiger partial charge in [-0.2, -0.15) is 0 Å². The van der Waals surface area contributed by atoms with E-state index >= 15 is 0 Å². The van der Waals surface area contributed by atoms with Crippen molar-refractivity contribution in [3.05, 3.63) is 71.5 Å². The highest BCUT2D eigenvalue weighted by Gasteiger charge is 2.34. The summed E-state index contributed by atoms with van der Waals surface area (Å²) in [5.41, 5.74) is 0.900. The van der Waals surface area contributed by atoms with Crippen molar-refractivity contribution in [2.45, 2.75) is 38.1 Å². The molecule has 0 saturated carbocycles. The van der Waals surface area contributed by atoms with E-state index in [2.05, 4.69) is 15.4 Å². The van der Waals surface area contributed by atoms with Crippen LogP contribution in [0.25, 0.3) is 0 Å². The van der Waals surface area contributed by atoms with Gasteiger partial charge in [-0.05, 0) is 42.2 Å². The van der Waals surface area contributed by atoms with E-state index in [1.54, 1.807) is 29.2 Å². The van der Waals surface area contributed by atoms with Crippen molar-refractivity contribution in [2.24, 2.45) is 5.92 Å². The minimum atomic E-state index is -3.52. The number of nitrogens with one attached hydrogen (secondary N) is 3. The highest BCUT2D eigenvalue weighted by molar-refractivity contribution is 7.88. The monoisotopic (exact) mass is 532 g/mol. The molecular formula is C26H33FN4O5S. The molecular weight excluding hydrogens is 499 g/mol. The number of hydrogen-bond acceptors (Lipinski definition) is 6. The number of nitrogens with zero attached hydrogens (tertiary/aromatic N) is 1. The second-order valence-electron chi connectivity index (χ2n) is 9.56. The molecule has 3 rings (SSSR count). The molecule has 2 amide bonds. The summed E-state index contributed by atoms with van der Waals surface area (Å²) in [6.45, 7) is 4.58. The Labute approximate surface area is 216 Å². The fourth-order valence-electron chi connectivity index (χ4n) is 4.07. The molecule has 0 radical (unpaired) electrons. The van der Waals surface area contributed by atoms with E-state index in [1.165, 1.54) is 24.3 Å². The van der Waals surface area contributed by atoms with Crippen LogP contribution in [0.5, 0.6) is 0 Å². The highest BCUT2D eigenvalue weighted by atomic mass is 32.2. The predicted molar refractivity (Wildman–Crippen MR) is 138 cm³/mol. The molecule has 1 saturated heterocycles. The number of carbonyl (C=O) groups is 3. The Bertz CT molecular complexity index is 1190. The molecule has 1 fully saturated rings. The SMILES string of the molecule is CC(C)C[C@H](NC(=O)c1ccc(F)cc1)C(=O)NC1CN(CCNS(=O)(=O)Cc2ccccc2)CC1=O. The first-order valence-electron chi connectivity index (χ1n) is 12.2. The number of Topliss-reactive ketones (excluding diaryl/α,β-unsaturated/α-hetero) is 1. The van der Waals surface area contributed by atoms with Crippen molar-refractivity contribution in [2.75, 3.05) is 26.2 Å². The summed E-state index contributed by atoms with van der Waals surface area (Å²) in [7, 11) is -3.52. The number of benzene rings is 2. The van der Waals surface area contributed by atoms with Gasteiger partial charge in [0.25, 0.3) is 5.91 Å². The molecule has 9 nitrogen and oxygen atoms in total. The standard InChI is InChI=1S/C26H33FN4O5S/c1-18(2)14-22(29-25(33)20-8-10-21(27)11-9-20)26(34)30-23-15-31(16-24(23)32)13-12-28-37(35,36)17-19-6-4-3-5-7-19/h3-11,18,22-23,28H,12-17H2,1-2H3,(H,29,33)(H,30,34)/t22-,23?/m0/s1. The summed E-state index contributed by atoms with van der Waals surface area (Å²) in [6.07, 6.45) is 0.354. The average molecular weight is 533 g/mol. The van der Waals surface area contributed by atoms with Crippen molar-refractivity contribution in [1.82, 2.24) is 20.3 Å². The van der Waals surface area contributed by atoms with Gasteiger partial charge in [-0.1, -0.05) is 44.2 Å². The van der Waals surface area contributed by atoms with E-state index < -0.39 is 39.7 Å². The van der Waals surface area contributed by atoms with E-state index in [1.807, 2.05) is 19.9 Å². The zero-order valence-corrected chi connectivity index (χ0v) is 21.8. The summed E-state index contributed by atoms with van der Waals surface area (Å²) >= 11 is 0. The number of amides is 2. The van der Waals surface area contributed by atoms with E-state index in [-0.39, 0.29) is 42.7 Å². The molecule has 1 unspecified atom stereocenters. The minimum absolute atomic E-state index is 0.0855. The molecule has 0 aliphatic carbocycles. The maximum absolute atomic E-state index is 13.2. The van der Waals surface area contributed by atoms with Crippen molar-refractivity contribution in [3.63, 3.8) is 0 Å². The van der Waals surface area contributed by atoms with Crippen molar-refractivity contribution < 1.29 is 27.2 Å². The third kappa shape index (κ3) is 9.03. The van der Waals surface area contributed by atoms with Crippen molar-refractivity contribution in [1.29, 1.82) is 0 Å². The Balaban J connectivity index is 1.51. The van der Waals surface area contributed by atoms with Gasteiger partial charge in [-0.3, -0.25) is 19.3 Å². The first-order valence-corrected chi connectivity index (χ1v) is 13.8. The summed E-state index contributed by atoms with van der Waals surface area (Å²) in [5, 5.41) is 5.41. The van der Waals surface area contributed by atoms with E-state index in [4.69, 9.17) is 0 Å². The maximum atomic E-state index is 13.2. The molecule has 0 spiro atoms. The molecule has 3 N–H and O–H groups in total. The van der Waals surface area contributed by atoms with Gasteiger partial charge in [-0.15, -0.1) is 0 Å². The van der Waals surface area contributed by atoms with Gasteiger partial charge in [0.15, 0.2) is 5.78 Å². The van der Waals surface area contributed by atoms with Crippen LogP contribution in [0, 0.1) is 11.7 Å². The summed E-state index contributed by atoms with van der Waals surface area (Å²) in [6, 6.07) is 12.2. The molecule has 11 heteroatoms. The van der Waals surface area contributed by atoms with Crippen LogP contribution in [0.3, 0.4) is 0 Å². The number of likely N-dealkylation sites (tertiary alicyclic amines) is 1. The number of ketones is 1. The summed E-state index contributed by atoms with van der Waals surface area (Å²) in [5.74, 6) is -1.69. The van der Waals surface area contributed by atoms with Gasteiger partial charge < -0.3 is 10.6 Å². The van der Waals surface area contributed by atoms with Crippen LogP contribution in [-0.2, 0) is 25.4 Å². The van der Waals surface area contributed by atoms with Gasteiger partial charge >= 0.3 is 0 Å². The number of hydrogen-bond donors (Lipinski definition) is 3. The van der Waals surface area contributed by atoms with Crippen molar-refractivity contribution in [3.8, 4) is 0 Å². The Hall–Kier alpha value is -3.15. The highest BCUT2D eigenvalue weighted by Crippen LogP contribution is 2.11. The zero-order chi connectivity index (χ0) is 27.0. The first-order chi connectivity index (χ1) is 17.5. The Morgan fingerprint density at radius 3 is 2.41 bits per heavy atom. The molecule has 1 aliphatic rings. The zero-order valence-electron chi connectivity index (χ0n) is 20.9. The molecule has 1 aliphatic heterocycles. The predicted octanol–water partition coefficient (Wildman–Crippen LogP) is 1.46. The van der Waals surface area contributed by atoms with Crippen LogP contribution in [0.1, 0.15) is 36.2 Å². The van der Waals surface area contributed by atoms with E-state index in [9.17, 15) is 27.2 Å². The normalized spacial score (nSPS) is 17.1. The Morgan fingerprint density at radius 1 is 1.08 bits per heavy atom. The van der Waals surface area contributed by atoms with Crippen LogP contribution in [0.4, 0.5) is 4.39 Å². The van der Waals surface area contributed by atoms with Gasteiger partial charge in [0.05, 0.1) is 12.3 Å². The lowest BCUT2D eigenvalue weighted by Gasteiger charge is -2.22. The van der Waals surface area contributed by atoms with Crippen LogP contribution in [0.15, 0.2) is 54.6 Å². The topological polar surface area (TPSA) is 125 Å². The molecule has 200 valence electrons. The number of halogens is 1. The second kappa shape index (κ2) is 12.9. The van der Waals surface area contributed by atoms with Gasteiger partial charge in [0, 0.05) is 25.2 Å². The molecule has 0 aromatic heterocycles. The van der Waals surface area contributed by atoms with Gasteiger partial charge in [-0.25, -0.2) is 17.5 Å². The third-order valence-electron chi connectivity index (χ3n) is 5.91. The molecule has 2 aromatic carbocycles. The minimum Gasteiger partial charge on any atom is -0.343 e. The van der Waals surface area contributed by atoms with Crippen LogP contribution >= 0.6 is 0 Å². The molecule has 2 atom stereocenters. The maximum Gasteiger partial charge on any atom is 0.251 e. The first kappa shape index (κ1) is 28.4. The van der Waals surface area contributed by atoms with Crippen molar-refractivity contribution >= 4 is 27.6 Å². The lowest BCUT2D eigenvalue weighted by molar-refractivity contribution is -0.127. The van der Waals surface area contributed by atoms with E-state index in [0.717, 1.165) is 0 Å². The number of sulfonamides is 1. The summed E-state index contributed by atoms with van der Waals surface area (Å²) in [4.78, 5) is 39.8. The average Bonchev–Trinajstić information content (AvgIpc) is 3.17. The van der Waals surface area contributed by atoms with Crippen LogP contribution in [0.2, 0.25) is 0 Å². The van der Waals surface area contributed by atoms with Gasteiger partial charge in [0.1, 0.15) is 17.9 Å². The largest absolute Gasteiger partial charge is 0.343 e. The van der Waals surface area contributed by atoms with Crippen LogP contribution < -0.4 is 15.4 Å². The molecule has 1 heterocycles. The molecule has 37 heavy (non-hydrogen) atoms. The lowest BCUT2D eigenvalue weighted by atomic mass is 10.0. The Kier molecular flexibility index (Phi) is 9.90. The lowest BCUT2D eigenvalue weighted by Crippen LogP contribution is -2.52. The smallest absolute Gasteiger partial charge is 0.251 e. The number of carbonyl (C=O) groups excluding carboxylic acids is 3. The molecule has 2 aromatic rings. The fourth-order valence-corrected chi connectivity index (χ4v) is 5.21.